The van der Waals surface area contributed by atoms with Crippen LogP contribution in [-0.2, 0) is 9.47 Å². The van der Waals surface area contributed by atoms with Crippen LogP contribution in [0.25, 0.3) is 0 Å². The van der Waals surface area contributed by atoms with Gasteiger partial charge in [0.1, 0.15) is 12.4 Å². The average molecular weight is 275 g/mol. The molecular formula is C16H21NO3. The largest absolute Gasteiger partial charge is 0.501 e. The maximum absolute atomic E-state index is 5.90. The Morgan fingerprint density at radius 3 is 2.70 bits per heavy atom. The van der Waals surface area contributed by atoms with E-state index < -0.39 is 0 Å². The highest BCUT2D eigenvalue weighted by Gasteiger charge is 2.49. The number of methoxy groups -OCH3 is 1. The molecule has 1 aliphatic heterocycles. The zero-order chi connectivity index (χ0) is 14.4. The van der Waals surface area contributed by atoms with Crippen LogP contribution in [0.1, 0.15) is 38.9 Å². The molecule has 1 aliphatic carbocycles. The van der Waals surface area contributed by atoms with Crippen LogP contribution in [0.2, 0.25) is 0 Å². The molecule has 1 aromatic heterocycles. The molecule has 20 heavy (non-hydrogen) atoms. The Kier molecular flexibility index (Phi) is 2.92. The van der Waals surface area contributed by atoms with Gasteiger partial charge in [0.05, 0.1) is 36.0 Å². The normalized spacial score (nSPS) is 31.7. The van der Waals surface area contributed by atoms with E-state index in [2.05, 4.69) is 26.8 Å². The van der Waals surface area contributed by atoms with Crippen molar-refractivity contribution in [3.05, 3.63) is 36.0 Å². The molecule has 0 aromatic carbocycles. The van der Waals surface area contributed by atoms with Crippen LogP contribution in [0, 0.1) is 5.41 Å². The molecule has 0 N–H and O–H groups in total. The van der Waals surface area contributed by atoms with Gasteiger partial charge in [0, 0.05) is 6.42 Å². The van der Waals surface area contributed by atoms with Gasteiger partial charge in [0.15, 0.2) is 5.90 Å². The SMILES string of the molecule is COC1=C[C@H](c2ccco2)[C@@](C)(C2=NC(C)(C)CO2)C1. The van der Waals surface area contributed by atoms with Gasteiger partial charge in [-0.15, -0.1) is 0 Å². The molecule has 2 aliphatic rings. The smallest absolute Gasteiger partial charge is 0.191 e. The first-order valence-electron chi connectivity index (χ1n) is 6.96. The molecule has 0 radical (unpaired) electrons. The van der Waals surface area contributed by atoms with E-state index in [0.717, 1.165) is 23.8 Å². The zero-order valence-electron chi connectivity index (χ0n) is 12.5. The number of ether oxygens (including phenoxy) is 2. The molecule has 0 fully saturated rings. The van der Waals surface area contributed by atoms with Gasteiger partial charge in [0.25, 0.3) is 0 Å². The van der Waals surface area contributed by atoms with Crippen molar-refractivity contribution in [3.8, 4) is 0 Å². The standard InChI is InChI=1S/C16H21NO3/c1-15(2)10-20-14(17-15)16(3)9-11(18-4)8-12(16)13-6-5-7-19-13/h5-8,12H,9-10H2,1-4H3/t12-,16+/m1/s1. The molecule has 3 rings (SSSR count). The lowest BCUT2D eigenvalue weighted by molar-refractivity contribution is 0.220. The fraction of sp³-hybridized carbons (Fsp3) is 0.562. The third kappa shape index (κ3) is 2.03. The van der Waals surface area contributed by atoms with E-state index in [-0.39, 0.29) is 16.9 Å². The van der Waals surface area contributed by atoms with Crippen molar-refractivity contribution in [2.24, 2.45) is 10.4 Å². The molecule has 0 bridgehead atoms. The van der Waals surface area contributed by atoms with Crippen molar-refractivity contribution in [2.45, 2.75) is 38.6 Å². The van der Waals surface area contributed by atoms with Crippen LogP contribution in [0.4, 0.5) is 0 Å². The van der Waals surface area contributed by atoms with Gasteiger partial charge < -0.3 is 13.9 Å². The van der Waals surface area contributed by atoms with E-state index in [1.54, 1.807) is 13.4 Å². The van der Waals surface area contributed by atoms with Crippen molar-refractivity contribution < 1.29 is 13.9 Å². The van der Waals surface area contributed by atoms with Gasteiger partial charge in [-0.1, -0.05) is 0 Å². The summed E-state index contributed by atoms with van der Waals surface area (Å²) in [6.07, 6.45) is 4.61. The highest BCUT2D eigenvalue weighted by Crippen LogP contribution is 2.50. The Morgan fingerprint density at radius 2 is 2.15 bits per heavy atom. The minimum absolute atomic E-state index is 0.0973. The van der Waals surface area contributed by atoms with E-state index >= 15 is 0 Å². The summed E-state index contributed by atoms with van der Waals surface area (Å²) in [6, 6.07) is 3.91. The molecule has 108 valence electrons. The third-order valence-electron chi connectivity index (χ3n) is 4.15. The summed E-state index contributed by atoms with van der Waals surface area (Å²) in [5, 5.41) is 0. The Bertz CT molecular complexity index is 556. The number of allylic oxidation sites excluding steroid dienone is 2. The summed E-state index contributed by atoms with van der Waals surface area (Å²) in [4.78, 5) is 4.77. The lowest BCUT2D eigenvalue weighted by Crippen LogP contribution is -2.31. The third-order valence-corrected chi connectivity index (χ3v) is 4.15. The lowest BCUT2D eigenvalue weighted by Gasteiger charge is -2.29. The first kappa shape index (κ1) is 13.3. The first-order chi connectivity index (χ1) is 9.44. The molecule has 0 unspecified atom stereocenters. The first-order valence-corrected chi connectivity index (χ1v) is 6.96. The molecule has 0 saturated carbocycles. The predicted octanol–water partition coefficient (Wildman–Crippen LogP) is 3.51. The van der Waals surface area contributed by atoms with Crippen molar-refractivity contribution in [3.63, 3.8) is 0 Å². The Balaban J connectivity index is 1.99. The number of furan rings is 1. The Labute approximate surface area is 119 Å². The van der Waals surface area contributed by atoms with Crippen LogP contribution >= 0.6 is 0 Å². The Hall–Kier alpha value is -1.71. The van der Waals surface area contributed by atoms with Crippen LogP contribution in [-0.4, -0.2) is 25.2 Å². The summed E-state index contributed by atoms with van der Waals surface area (Å²) < 4.78 is 17.0. The van der Waals surface area contributed by atoms with Crippen LogP contribution < -0.4 is 0 Å². The highest BCUT2D eigenvalue weighted by atomic mass is 16.5. The maximum atomic E-state index is 5.90. The molecule has 0 amide bonds. The van der Waals surface area contributed by atoms with E-state index in [1.165, 1.54) is 0 Å². The van der Waals surface area contributed by atoms with Gasteiger partial charge >= 0.3 is 0 Å². The quantitative estimate of drug-likeness (QED) is 0.848. The van der Waals surface area contributed by atoms with Crippen LogP contribution in [0.5, 0.6) is 0 Å². The predicted molar refractivity (Wildman–Crippen MR) is 76.7 cm³/mol. The van der Waals surface area contributed by atoms with E-state index in [9.17, 15) is 0 Å². The van der Waals surface area contributed by atoms with E-state index in [0.29, 0.717) is 6.61 Å². The summed E-state index contributed by atoms with van der Waals surface area (Å²) in [7, 11) is 1.71. The summed E-state index contributed by atoms with van der Waals surface area (Å²) in [5.74, 6) is 2.80. The second-order valence-electron chi connectivity index (χ2n) is 6.44. The molecule has 0 spiro atoms. The maximum Gasteiger partial charge on any atom is 0.191 e. The van der Waals surface area contributed by atoms with E-state index in [4.69, 9.17) is 18.9 Å². The number of aliphatic imine (C=N–C) groups is 1. The van der Waals surface area contributed by atoms with E-state index in [1.807, 2.05) is 12.1 Å². The summed E-state index contributed by atoms with van der Waals surface area (Å²) in [5.41, 5.74) is -0.390. The number of hydrogen-bond acceptors (Lipinski definition) is 4. The van der Waals surface area contributed by atoms with Gasteiger partial charge in [0.2, 0.25) is 0 Å². The monoisotopic (exact) mass is 275 g/mol. The summed E-state index contributed by atoms with van der Waals surface area (Å²) in [6.45, 7) is 6.98. The fourth-order valence-electron chi connectivity index (χ4n) is 2.99. The zero-order valence-corrected chi connectivity index (χ0v) is 12.5. The number of hydrogen-bond donors (Lipinski definition) is 0. The van der Waals surface area contributed by atoms with Crippen LogP contribution in [0.15, 0.2) is 39.6 Å². The van der Waals surface area contributed by atoms with Crippen molar-refractivity contribution in [1.82, 2.24) is 0 Å². The lowest BCUT2D eigenvalue weighted by atomic mass is 9.77. The number of nitrogens with zero attached hydrogens (tertiary/aromatic N) is 1. The minimum atomic E-state index is -0.239. The Morgan fingerprint density at radius 1 is 1.35 bits per heavy atom. The molecular weight excluding hydrogens is 254 g/mol. The summed E-state index contributed by atoms with van der Waals surface area (Å²) >= 11 is 0. The fourth-order valence-corrected chi connectivity index (χ4v) is 2.99. The second-order valence-corrected chi connectivity index (χ2v) is 6.44. The molecule has 4 nitrogen and oxygen atoms in total. The second kappa shape index (κ2) is 4.40. The molecule has 1 aromatic rings. The molecule has 0 saturated heterocycles. The van der Waals surface area contributed by atoms with Gasteiger partial charge in [-0.2, -0.15) is 0 Å². The van der Waals surface area contributed by atoms with Crippen molar-refractivity contribution >= 4 is 5.90 Å². The van der Waals surface area contributed by atoms with Gasteiger partial charge in [-0.05, 0) is 39.0 Å². The molecule has 2 atom stereocenters. The topological polar surface area (TPSA) is 44.0 Å². The van der Waals surface area contributed by atoms with Crippen molar-refractivity contribution in [1.29, 1.82) is 0 Å². The number of rotatable bonds is 3. The minimum Gasteiger partial charge on any atom is -0.501 e. The highest BCUT2D eigenvalue weighted by molar-refractivity contribution is 5.86. The van der Waals surface area contributed by atoms with Gasteiger partial charge in [-0.25, -0.2) is 4.99 Å². The van der Waals surface area contributed by atoms with Crippen LogP contribution in [0.3, 0.4) is 0 Å². The molecule has 2 heterocycles. The molecule has 4 heteroatoms. The van der Waals surface area contributed by atoms with Crippen molar-refractivity contribution in [2.75, 3.05) is 13.7 Å². The average Bonchev–Trinajstić information content (AvgIpc) is 3.07. The van der Waals surface area contributed by atoms with Gasteiger partial charge in [-0.3, -0.25) is 0 Å².